The maximum atomic E-state index is 4.16. The first-order chi connectivity index (χ1) is 8.79. The van der Waals surface area contributed by atoms with Crippen LogP contribution in [0.5, 0.6) is 0 Å². The second-order valence-electron chi connectivity index (χ2n) is 4.35. The third kappa shape index (κ3) is 3.65. The molecule has 1 heterocycles. The van der Waals surface area contributed by atoms with Gasteiger partial charge in [0, 0.05) is 22.9 Å². The third-order valence-electron chi connectivity index (χ3n) is 3.04. The molecule has 2 aromatic rings. The molecule has 0 aliphatic heterocycles. The van der Waals surface area contributed by atoms with E-state index in [0.29, 0.717) is 6.04 Å². The molecular weight excluding hydrogens is 288 g/mol. The number of likely N-dealkylation sites (N-methyl/N-ethyl adjacent to an activating group) is 1. The molecule has 0 amide bonds. The lowest BCUT2D eigenvalue weighted by Crippen LogP contribution is -2.30. The smallest absolute Gasteiger partial charge is 0.0300 e. The summed E-state index contributed by atoms with van der Waals surface area (Å²) in [5, 5.41) is 3.38. The van der Waals surface area contributed by atoms with E-state index in [0.717, 1.165) is 12.8 Å². The summed E-state index contributed by atoms with van der Waals surface area (Å²) in [7, 11) is 2.01. The lowest BCUT2D eigenvalue weighted by molar-refractivity contribution is 0.555. The first kappa shape index (κ1) is 13.2. The topological polar surface area (TPSA) is 24.9 Å². The highest BCUT2D eigenvalue weighted by molar-refractivity contribution is 9.10. The average Bonchev–Trinajstić information content (AvgIpc) is 2.41. The molecule has 3 heteroatoms. The number of rotatable bonds is 5. The van der Waals surface area contributed by atoms with Crippen LogP contribution in [0.25, 0.3) is 0 Å². The summed E-state index contributed by atoms with van der Waals surface area (Å²) in [5.41, 5.74) is 2.60. The van der Waals surface area contributed by atoms with Gasteiger partial charge in [-0.2, -0.15) is 0 Å². The van der Waals surface area contributed by atoms with E-state index in [1.807, 2.05) is 31.6 Å². The molecule has 0 spiro atoms. The Morgan fingerprint density at radius 3 is 2.67 bits per heavy atom. The van der Waals surface area contributed by atoms with Crippen LogP contribution < -0.4 is 5.32 Å². The summed E-state index contributed by atoms with van der Waals surface area (Å²) < 4.78 is 1.18. The Morgan fingerprint density at radius 1 is 1.17 bits per heavy atom. The Kier molecular flexibility index (Phi) is 4.90. The molecule has 18 heavy (non-hydrogen) atoms. The summed E-state index contributed by atoms with van der Waals surface area (Å²) >= 11 is 3.60. The van der Waals surface area contributed by atoms with Gasteiger partial charge in [0.2, 0.25) is 0 Å². The molecule has 0 aliphatic rings. The van der Waals surface area contributed by atoms with Crippen molar-refractivity contribution in [2.45, 2.75) is 18.9 Å². The molecule has 2 nitrogen and oxygen atoms in total. The monoisotopic (exact) mass is 304 g/mol. The standard InChI is InChI=1S/C15H17BrN2/c1-17-14(9-12-5-4-8-18-11-12)10-13-6-2-3-7-15(13)16/h2-8,11,14,17H,9-10H2,1H3. The summed E-state index contributed by atoms with van der Waals surface area (Å²) in [6.45, 7) is 0. The molecule has 0 saturated carbocycles. The number of pyridine rings is 1. The van der Waals surface area contributed by atoms with Crippen molar-refractivity contribution in [3.8, 4) is 0 Å². The second kappa shape index (κ2) is 6.66. The fraction of sp³-hybridized carbons (Fsp3) is 0.267. The zero-order valence-corrected chi connectivity index (χ0v) is 12.0. The lowest BCUT2D eigenvalue weighted by atomic mass is 10.00. The third-order valence-corrected chi connectivity index (χ3v) is 3.81. The predicted molar refractivity (Wildman–Crippen MR) is 78.6 cm³/mol. The largest absolute Gasteiger partial charge is 0.316 e. The van der Waals surface area contributed by atoms with Gasteiger partial charge >= 0.3 is 0 Å². The van der Waals surface area contributed by atoms with Crippen LogP contribution in [0.3, 0.4) is 0 Å². The van der Waals surface area contributed by atoms with Crippen molar-refractivity contribution in [1.82, 2.24) is 10.3 Å². The second-order valence-corrected chi connectivity index (χ2v) is 5.20. The fourth-order valence-electron chi connectivity index (χ4n) is 2.01. The summed E-state index contributed by atoms with van der Waals surface area (Å²) in [5.74, 6) is 0. The molecule has 0 bridgehead atoms. The Balaban J connectivity index is 2.04. The molecule has 1 N–H and O–H groups in total. The van der Waals surface area contributed by atoms with Crippen LogP contribution in [0.4, 0.5) is 0 Å². The quantitative estimate of drug-likeness (QED) is 0.917. The van der Waals surface area contributed by atoms with Gasteiger partial charge < -0.3 is 5.32 Å². The average molecular weight is 305 g/mol. The van der Waals surface area contributed by atoms with Crippen LogP contribution in [0.1, 0.15) is 11.1 Å². The van der Waals surface area contributed by atoms with E-state index in [2.05, 4.69) is 50.5 Å². The van der Waals surface area contributed by atoms with Gasteiger partial charge in [-0.15, -0.1) is 0 Å². The van der Waals surface area contributed by atoms with Gasteiger partial charge in [0.05, 0.1) is 0 Å². The van der Waals surface area contributed by atoms with Crippen LogP contribution >= 0.6 is 15.9 Å². The zero-order chi connectivity index (χ0) is 12.8. The fourth-order valence-corrected chi connectivity index (χ4v) is 2.46. The molecule has 1 aromatic carbocycles. The molecule has 2 rings (SSSR count). The van der Waals surface area contributed by atoms with E-state index in [4.69, 9.17) is 0 Å². The number of nitrogens with zero attached hydrogens (tertiary/aromatic N) is 1. The Bertz CT molecular complexity index is 485. The van der Waals surface area contributed by atoms with Gasteiger partial charge in [0.25, 0.3) is 0 Å². The van der Waals surface area contributed by atoms with Gasteiger partial charge in [-0.1, -0.05) is 40.2 Å². The van der Waals surface area contributed by atoms with E-state index >= 15 is 0 Å². The molecule has 0 radical (unpaired) electrons. The minimum atomic E-state index is 0.424. The summed E-state index contributed by atoms with van der Waals surface area (Å²) in [4.78, 5) is 4.16. The van der Waals surface area contributed by atoms with Crippen LogP contribution in [-0.2, 0) is 12.8 Å². The minimum absolute atomic E-state index is 0.424. The SMILES string of the molecule is CNC(Cc1cccnc1)Cc1ccccc1Br. The highest BCUT2D eigenvalue weighted by Crippen LogP contribution is 2.18. The first-order valence-corrected chi connectivity index (χ1v) is 6.88. The molecular formula is C15H17BrN2. The van der Waals surface area contributed by atoms with E-state index in [-0.39, 0.29) is 0 Å². The first-order valence-electron chi connectivity index (χ1n) is 6.09. The van der Waals surface area contributed by atoms with Crippen molar-refractivity contribution in [1.29, 1.82) is 0 Å². The van der Waals surface area contributed by atoms with Crippen LogP contribution in [0, 0.1) is 0 Å². The van der Waals surface area contributed by atoms with Crippen LogP contribution in [-0.4, -0.2) is 18.1 Å². The van der Waals surface area contributed by atoms with Crippen LogP contribution in [0.2, 0.25) is 0 Å². The maximum Gasteiger partial charge on any atom is 0.0300 e. The van der Waals surface area contributed by atoms with Gasteiger partial charge in [0.15, 0.2) is 0 Å². The van der Waals surface area contributed by atoms with E-state index in [9.17, 15) is 0 Å². The van der Waals surface area contributed by atoms with Crippen molar-refractivity contribution in [2.75, 3.05) is 7.05 Å². The molecule has 94 valence electrons. The summed E-state index contributed by atoms with van der Waals surface area (Å²) in [6, 6.07) is 12.9. The van der Waals surface area contributed by atoms with Gasteiger partial charge in [0.1, 0.15) is 0 Å². The van der Waals surface area contributed by atoms with E-state index < -0.39 is 0 Å². The number of hydrogen-bond donors (Lipinski definition) is 1. The van der Waals surface area contributed by atoms with Gasteiger partial charge in [-0.25, -0.2) is 0 Å². The van der Waals surface area contributed by atoms with Gasteiger partial charge in [-0.3, -0.25) is 4.98 Å². The molecule has 1 aromatic heterocycles. The number of hydrogen-bond acceptors (Lipinski definition) is 2. The molecule has 1 atom stereocenters. The molecule has 0 saturated heterocycles. The highest BCUT2D eigenvalue weighted by Gasteiger charge is 2.10. The highest BCUT2D eigenvalue weighted by atomic mass is 79.9. The Labute approximate surface area is 117 Å². The number of aromatic nitrogens is 1. The predicted octanol–water partition coefficient (Wildman–Crippen LogP) is 3.22. The zero-order valence-electron chi connectivity index (χ0n) is 10.4. The molecule has 0 fully saturated rings. The maximum absolute atomic E-state index is 4.16. The van der Waals surface area contributed by atoms with Crippen molar-refractivity contribution >= 4 is 15.9 Å². The van der Waals surface area contributed by atoms with Crippen molar-refractivity contribution < 1.29 is 0 Å². The summed E-state index contributed by atoms with van der Waals surface area (Å²) in [6.07, 6.45) is 5.74. The number of benzene rings is 1. The number of halogens is 1. The van der Waals surface area contributed by atoms with E-state index in [1.165, 1.54) is 15.6 Å². The minimum Gasteiger partial charge on any atom is -0.316 e. The Hall–Kier alpha value is -1.19. The van der Waals surface area contributed by atoms with Crippen LogP contribution in [0.15, 0.2) is 53.3 Å². The van der Waals surface area contributed by atoms with Crippen molar-refractivity contribution in [2.24, 2.45) is 0 Å². The lowest BCUT2D eigenvalue weighted by Gasteiger charge is -2.17. The Morgan fingerprint density at radius 2 is 2.00 bits per heavy atom. The van der Waals surface area contributed by atoms with Gasteiger partial charge in [-0.05, 0) is 43.1 Å². The van der Waals surface area contributed by atoms with Crippen molar-refractivity contribution in [3.05, 3.63) is 64.4 Å². The molecule has 0 aliphatic carbocycles. The van der Waals surface area contributed by atoms with E-state index in [1.54, 1.807) is 0 Å². The normalized spacial score (nSPS) is 12.3. The van der Waals surface area contributed by atoms with Crippen molar-refractivity contribution in [3.63, 3.8) is 0 Å². The number of nitrogens with one attached hydrogen (secondary N) is 1. The molecule has 1 unspecified atom stereocenters.